The van der Waals surface area contributed by atoms with Gasteiger partial charge in [0.05, 0.1) is 18.8 Å². The molecule has 1 aromatic heterocycles. The Bertz CT molecular complexity index is 556. The van der Waals surface area contributed by atoms with Crippen LogP contribution >= 0.6 is 0 Å². The van der Waals surface area contributed by atoms with Gasteiger partial charge in [-0.25, -0.2) is 0 Å². The van der Waals surface area contributed by atoms with E-state index in [4.69, 9.17) is 0 Å². The number of tetrazole rings is 1. The van der Waals surface area contributed by atoms with E-state index in [-0.39, 0.29) is 12.6 Å². The van der Waals surface area contributed by atoms with E-state index in [0.717, 1.165) is 24.5 Å². The van der Waals surface area contributed by atoms with Gasteiger partial charge in [-0.2, -0.15) is 4.68 Å². The predicted octanol–water partition coefficient (Wildman–Crippen LogP) is 0.865. The number of rotatable bonds is 4. The molecule has 1 N–H and O–H groups in total. The molecule has 2 aromatic rings. The summed E-state index contributed by atoms with van der Waals surface area (Å²) in [6, 6.07) is 10.1. The molecule has 1 aliphatic heterocycles. The van der Waals surface area contributed by atoms with Gasteiger partial charge in [0.2, 0.25) is 0 Å². The van der Waals surface area contributed by atoms with E-state index in [1.165, 1.54) is 0 Å². The molecule has 20 heavy (non-hydrogen) atoms. The number of aliphatic hydroxyl groups is 1. The van der Waals surface area contributed by atoms with Crippen molar-refractivity contribution in [2.75, 3.05) is 13.2 Å². The Balaban J connectivity index is 1.81. The molecule has 2 heterocycles. The monoisotopic (exact) mass is 273 g/mol. The molecule has 1 saturated heterocycles. The standard InChI is InChI=1S/C14H19N5O/c1-11-7-8-18(13(11)10-20)9-14-15-16-17-19(14)12-5-3-2-4-6-12/h2-6,11,13,20H,7-10H2,1H3. The summed E-state index contributed by atoms with van der Waals surface area (Å²) in [5, 5.41) is 21.5. The molecule has 106 valence electrons. The zero-order valence-electron chi connectivity index (χ0n) is 11.6. The molecule has 3 rings (SSSR count). The van der Waals surface area contributed by atoms with E-state index in [9.17, 15) is 5.11 Å². The van der Waals surface area contributed by atoms with E-state index >= 15 is 0 Å². The van der Waals surface area contributed by atoms with Crippen molar-refractivity contribution in [2.45, 2.75) is 25.9 Å². The Morgan fingerprint density at radius 3 is 2.85 bits per heavy atom. The van der Waals surface area contributed by atoms with Crippen LogP contribution in [0.3, 0.4) is 0 Å². The lowest BCUT2D eigenvalue weighted by molar-refractivity contribution is 0.131. The molecule has 0 saturated carbocycles. The molecule has 1 aromatic carbocycles. The van der Waals surface area contributed by atoms with Crippen molar-refractivity contribution in [3.05, 3.63) is 36.2 Å². The number of benzene rings is 1. The van der Waals surface area contributed by atoms with Gasteiger partial charge in [-0.1, -0.05) is 25.1 Å². The minimum absolute atomic E-state index is 0.189. The summed E-state index contributed by atoms with van der Waals surface area (Å²) in [6.45, 7) is 4.01. The number of aromatic nitrogens is 4. The lowest BCUT2D eigenvalue weighted by Gasteiger charge is -2.24. The third kappa shape index (κ3) is 2.44. The average Bonchev–Trinajstić information content (AvgIpc) is 3.07. The average molecular weight is 273 g/mol. The van der Waals surface area contributed by atoms with Crippen molar-refractivity contribution in [2.24, 2.45) is 5.92 Å². The van der Waals surface area contributed by atoms with Crippen LogP contribution in [0.4, 0.5) is 0 Å². The summed E-state index contributed by atoms with van der Waals surface area (Å²) >= 11 is 0. The second-order valence-electron chi connectivity index (χ2n) is 5.33. The van der Waals surface area contributed by atoms with Crippen molar-refractivity contribution < 1.29 is 5.11 Å². The van der Waals surface area contributed by atoms with Gasteiger partial charge < -0.3 is 5.11 Å². The van der Waals surface area contributed by atoms with Gasteiger partial charge in [0.1, 0.15) is 0 Å². The van der Waals surface area contributed by atoms with Crippen molar-refractivity contribution in [3.63, 3.8) is 0 Å². The van der Waals surface area contributed by atoms with Crippen LogP contribution in [-0.4, -0.2) is 49.4 Å². The van der Waals surface area contributed by atoms with E-state index in [1.807, 2.05) is 30.3 Å². The number of para-hydroxylation sites is 1. The fraction of sp³-hybridized carbons (Fsp3) is 0.500. The molecule has 6 heteroatoms. The molecule has 1 fully saturated rings. The first-order valence-corrected chi connectivity index (χ1v) is 6.97. The van der Waals surface area contributed by atoms with E-state index in [0.29, 0.717) is 12.5 Å². The highest BCUT2D eigenvalue weighted by molar-refractivity contribution is 5.30. The van der Waals surface area contributed by atoms with Crippen LogP contribution in [0.5, 0.6) is 0 Å². The van der Waals surface area contributed by atoms with E-state index in [2.05, 4.69) is 27.3 Å². The molecule has 2 atom stereocenters. The van der Waals surface area contributed by atoms with E-state index < -0.39 is 0 Å². The third-order valence-corrected chi connectivity index (χ3v) is 4.06. The Morgan fingerprint density at radius 2 is 2.10 bits per heavy atom. The topological polar surface area (TPSA) is 67.1 Å². The highest BCUT2D eigenvalue weighted by Gasteiger charge is 2.31. The SMILES string of the molecule is CC1CCN(Cc2nnnn2-c2ccccc2)C1CO. The first kappa shape index (κ1) is 13.2. The Labute approximate surface area is 118 Å². The van der Waals surface area contributed by atoms with Crippen LogP contribution in [0.15, 0.2) is 30.3 Å². The van der Waals surface area contributed by atoms with Crippen LogP contribution in [0.25, 0.3) is 5.69 Å². The molecule has 0 aliphatic carbocycles. The Morgan fingerprint density at radius 1 is 1.30 bits per heavy atom. The maximum atomic E-state index is 9.52. The summed E-state index contributed by atoms with van der Waals surface area (Å²) in [5.74, 6) is 1.32. The van der Waals surface area contributed by atoms with Crippen molar-refractivity contribution >= 4 is 0 Å². The van der Waals surface area contributed by atoms with E-state index in [1.54, 1.807) is 4.68 Å². The summed E-state index contributed by atoms with van der Waals surface area (Å²) in [5.41, 5.74) is 0.959. The fourth-order valence-electron chi connectivity index (χ4n) is 2.83. The van der Waals surface area contributed by atoms with Crippen LogP contribution in [-0.2, 0) is 6.54 Å². The summed E-state index contributed by atoms with van der Waals surface area (Å²) < 4.78 is 1.76. The summed E-state index contributed by atoms with van der Waals surface area (Å²) in [6.07, 6.45) is 1.11. The zero-order valence-corrected chi connectivity index (χ0v) is 11.6. The quantitative estimate of drug-likeness (QED) is 0.895. The maximum absolute atomic E-state index is 9.52. The van der Waals surface area contributed by atoms with Crippen molar-refractivity contribution in [1.29, 1.82) is 0 Å². The smallest absolute Gasteiger partial charge is 0.170 e. The molecule has 1 aliphatic rings. The van der Waals surface area contributed by atoms with Crippen molar-refractivity contribution in [3.8, 4) is 5.69 Å². The largest absolute Gasteiger partial charge is 0.395 e. The minimum atomic E-state index is 0.189. The molecule has 0 radical (unpaired) electrons. The van der Waals surface area contributed by atoms with Gasteiger partial charge in [-0.3, -0.25) is 4.90 Å². The van der Waals surface area contributed by atoms with Gasteiger partial charge in [-0.05, 0) is 41.4 Å². The molecule has 0 amide bonds. The lowest BCUT2D eigenvalue weighted by atomic mass is 10.0. The highest BCUT2D eigenvalue weighted by atomic mass is 16.3. The summed E-state index contributed by atoms with van der Waals surface area (Å²) in [7, 11) is 0. The first-order valence-electron chi connectivity index (χ1n) is 6.97. The number of likely N-dealkylation sites (tertiary alicyclic amines) is 1. The van der Waals surface area contributed by atoms with Gasteiger partial charge >= 0.3 is 0 Å². The Kier molecular flexibility index (Phi) is 3.75. The number of nitrogens with zero attached hydrogens (tertiary/aromatic N) is 5. The number of aliphatic hydroxyl groups excluding tert-OH is 1. The fourth-order valence-corrected chi connectivity index (χ4v) is 2.83. The molecular weight excluding hydrogens is 254 g/mol. The minimum Gasteiger partial charge on any atom is -0.395 e. The normalized spacial score (nSPS) is 23.3. The Hall–Kier alpha value is -1.79. The highest BCUT2D eigenvalue weighted by Crippen LogP contribution is 2.25. The molecular formula is C14H19N5O. The van der Waals surface area contributed by atoms with Gasteiger partial charge in [0.15, 0.2) is 5.82 Å². The van der Waals surface area contributed by atoms with Crippen LogP contribution in [0.2, 0.25) is 0 Å². The third-order valence-electron chi connectivity index (χ3n) is 4.06. The predicted molar refractivity (Wildman–Crippen MR) is 74.2 cm³/mol. The van der Waals surface area contributed by atoms with Gasteiger partial charge in [0.25, 0.3) is 0 Å². The van der Waals surface area contributed by atoms with Crippen LogP contribution < -0.4 is 0 Å². The second-order valence-corrected chi connectivity index (χ2v) is 5.33. The maximum Gasteiger partial charge on any atom is 0.170 e. The number of hydrogen-bond donors (Lipinski definition) is 1. The first-order chi connectivity index (χ1) is 9.79. The lowest BCUT2D eigenvalue weighted by Crippen LogP contribution is -2.35. The molecule has 2 unspecified atom stereocenters. The van der Waals surface area contributed by atoms with Gasteiger partial charge in [-0.15, -0.1) is 5.10 Å². The van der Waals surface area contributed by atoms with Crippen molar-refractivity contribution in [1.82, 2.24) is 25.1 Å². The summed E-state index contributed by atoms with van der Waals surface area (Å²) in [4.78, 5) is 2.26. The van der Waals surface area contributed by atoms with Crippen LogP contribution in [0.1, 0.15) is 19.2 Å². The van der Waals surface area contributed by atoms with Crippen LogP contribution in [0, 0.1) is 5.92 Å². The molecule has 0 spiro atoms. The van der Waals surface area contributed by atoms with Gasteiger partial charge in [0, 0.05) is 6.04 Å². The number of hydrogen-bond acceptors (Lipinski definition) is 5. The zero-order chi connectivity index (χ0) is 13.9. The molecule has 0 bridgehead atoms. The second kappa shape index (κ2) is 5.68. The molecule has 6 nitrogen and oxygen atoms in total.